The van der Waals surface area contributed by atoms with Gasteiger partial charge >= 0.3 is 12.4 Å². The van der Waals surface area contributed by atoms with E-state index in [0.717, 1.165) is 25.0 Å². The van der Waals surface area contributed by atoms with E-state index in [1.165, 1.54) is 12.1 Å². The molecule has 5 nitrogen and oxygen atoms in total. The van der Waals surface area contributed by atoms with Crippen molar-refractivity contribution in [2.24, 2.45) is 5.73 Å². The maximum atomic E-state index is 12.0. The third-order valence-electron chi connectivity index (χ3n) is 2.60. The van der Waals surface area contributed by atoms with Gasteiger partial charge in [-0.05, 0) is 30.7 Å². The molecular weight excluding hydrogens is 287 g/mol. The molecule has 0 aliphatic heterocycles. The van der Waals surface area contributed by atoms with E-state index in [-0.39, 0.29) is 11.8 Å². The number of nitrogens with two attached hydrogens (primary N) is 1. The Hall–Kier alpha value is -1.96. The number of urea groups is 1. The van der Waals surface area contributed by atoms with Crippen molar-refractivity contribution < 1.29 is 22.7 Å². The average molecular weight is 305 g/mol. The first-order valence-electron chi connectivity index (χ1n) is 6.47. The normalized spacial score (nSPS) is 12.6. The minimum absolute atomic E-state index is 0.136. The van der Waals surface area contributed by atoms with Crippen molar-refractivity contribution in [3.05, 3.63) is 24.3 Å². The van der Waals surface area contributed by atoms with Crippen LogP contribution in [-0.4, -0.2) is 25.0 Å². The number of benzene rings is 1. The summed E-state index contributed by atoms with van der Waals surface area (Å²) < 4.78 is 39.7. The summed E-state index contributed by atoms with van der Waals surface area (Å²) in [4.78, 5) is 11.7. The molecule has 0 bridgehead atoms. The number of alkyl halides is 3. The molecule has 4 N–H and O–H groups in total. The fourth-order valence-electron chi connectivity index (χ4n) is 1.69. The van der Waals surface area contributed by atoms with Crippen LogP contribution in [0, 0.1) is 0 Å². The molecule has 0 saturated carbocycles. The van der Waals surface area contributed by atoms with Gasteiger partial charge in [0, 0.05) is 18.3 Å². The summed E-state index contributed by atoms with van der Waals surface area (Å²) in [5.74, 6) is -0.348. The molecule has 118 valence electrons. The third kappa shape index (κ3) is 6.84. The van der Waals surface area contributed by atoms with E-state index in [4.69, 9.17) is 5.73 Å². The second kappa shape index (κ2) is 7.72. The van der Waals surface area contributed by atoms with Crippen LogP contribution in [0.25, 0.3) is 0 Å². The molecule has 8 heteroatoms. The molecule has 1 aromatic carbocycles. The smallest absolute Gasteiger partial charge is 0.406 e. The van der Waals surface area contributed by atoms with Crippen molar-refractivity contribution in [3.63, 3.8) is 0 Å². The number of rotatable bonds is 6. The maximum absolute atomic E-state index is 12.0. The van der Waals surface area contributed by atoms with Gasteiger partial charge < -0.3 is 21.1 Å². The van der Waals surface area contributed by atoms with Crippen LogP contribution in [0.1, 0.15) is 19.8 Å². The predicted octanol–water partition coefficient (Wildman–Crippen LogP) is 2.83. The van der Waals surface area contributed by atoms with E-state index in [0.29, 0.717) is 12.2 Å². The van der Waals surface area contributed by atoms with Gasteiger partial charge in [-0.3, -0.25) is 0 Å². The molecule has 0 aromatic heterocycles. The highest BCUT2D eigenvalue weighted by Gasteiger charge is 2.30. The molecule has 0 aliphatic carbocycles. The molecule has 0 aliphatic rings. The topological polar surface area (TPSA) is 76.4 Å². The molecule has 1 rings (SSSR count). The number of hydrogen-bond donors (Lipinski definition) is 3. The molecule has 0 radical (unpaired) electrons. The second-order valence-corrected chi connectivity index (χ2v) is 4.39. The van der Waals surface area contributed by atoms with Gasteiger partial charge in [-0.15, -0.1) is 13.2 Å². The van der Waals surface area contributed by atoms with Gasteiger partial charge in [0.15, 0.2) is 0 Å². The average Bonchev–Trinajstić information content (AvgIpc) is 2.39. The standard InChI is InChI=1S/C13H18F3N3O2/c1-2-3-10(8-17)19-12(20)18-9-4-6-11(7-5-9)21-13(14,15)16/h4-7,10H,2-3,8,17H2,1H3,(H2,18,19,20). The van der Waals surface area contributed by atoms with E-state index < -0.39 is 12.4 Å². The van der Waals surface area contributed by atoms with Crippen molar-refractivity contribution in [1.29, 1.82) is 0 Å². The van der Waals surface area contributed by atoms with Gasteiger partial charge in [0.2, 0.25) is 0 Å². The number of hydrogen-bond acceptors (Lipinski definition) is 3. The summed E-state index contributed by atoms with van der Waals surface area (Å²) >= 11 is 0. The van der Waals surface area contributed by atoms with Crippen LogP contribution >= 0.6 is 0 Å². The zero-order valence-corrected chi connectivity index (χ0v) is 11.5. The summed E-state index contributed by atoms with van der Waals surface area (Å²) in [5.41, 5.74) is 5.87. The fourth-order valence-corrected chi connectivity index (χ4v) is 1.69. The molecular formula is C13H18F3N3O2. The Kier molecular flexibility index (Phi) is 6.29. The summed E-state index contributed by atoms with van der Waals surface area (Å²) in [6.07, 6.45) is -3.10. The quantitative estimate of drug-likeness (QED) is 0.756. The SMILES string of the molecule is CCCC(CN)NC(=O)Nc1ccc(OC(F)(F)F)cc1. The number of nitrogens with one attached hydrogen (secondary N) is 2. The highest BCUT2D eigenvalue weighted by atomic mass is 19.4. The van der Waals surface area contributed by atoms with Crippen LogP contribution in [0.3, 0.4) is 0 Å². The fraction of sp³-hybridized carbons (Fsp3) is 0.462. The Morgan fingerprint density at radius 1 is 1.33 bits per heavy atom. The number of ether oxygens (including phenoxy) is 1. The van der Waals surface area contributed by atoms with E-state index in [9.17, 15) is 18.0 Å². The molecule has 21 heavy (non-hydrogen) atoms. The number of halogens is 3. The van der Waals surface area contributed by atoms with Gasteiger partial charge in [0.05, 0.1) is 0 Å². The van der Waals surface area contributed by atoms with E-state index in [1.54, 1.807) is 0 Å². The highest BCUT2D eigenvalue weighted by molar-refractivity contribution is 5.89. The Balaban J connectivity index is 2.53. The Morgan fingerprint density at radius 2 is 1.95 bits per heavy atom. The van der Waals surface area contributed by atoms with Crippen LogP contribution in [0.15, 0.2) is 24.3 Å². The Bertz CT molecular complexity index is 449. The lowest BCUT2D eigenvalue weighted by atomic mass is 10.2. The first-order chi connectivity index (χ1) is 9.84. The monoisotopic (exact) mass is 305 g/mol. The van der Waals surface area contributed by atoms with Crippen LogP contribution in [0.2, 0.25) is 0 Å². The largest absolute Gasteiger partial charge is 0.573 e. The zero-order chi connectivity index (χ0) is 15.9. The first-order valence-corrected chi connectivity index (χ1v) is 6.47. The molecule has 0 spiro atoms. The first kappa shape index (κ1) is 17.1. The lowest BCUT2D eigenvalue weighted by Gasteiger charge is -2.16. The van der Waals surface area contributed by atoms with E-state index >= 15 is 0 Å². The van der Waals surface area contributed by atoms with Crippen molar-refractivity contribution in [2.75, 3.05) is 11.9 Å². The van der Waals surface area contributed by atoms with Crippen LogP contribution in [-0.2, 0) is 0 Å². The number of anilines is 1. The van der Waals surface area contributed by atoms with Gasteiger partial charge in [-0.2, -0.15) is 0 Å². The molecule has 0 heterocycles. The third-order valence-corrected chi connectivity index (χ3v) is 2.60. The van der Waals surface area contributed by atoms with Crippen molar-refractivity contribution in [3.8, 4) is 5.75 Å². The van der Waals surface area contributed by atoms with Gasteiger partial charge in [0.25, 0.3) is 0 Å². The molecule has 1 atom stereocenters. The van der Waals surface area contributed by atoms with E-state index in [2.05, 4.69) is 15.4 Å². The lowest BCUT2D eigenvalue weighted by molar-refractivity contribution is -0.274. The molecule has 1 unspecified atom stereocenters. The zero-order valence-electron chi connectivity index (χ0n) is 11.5. The number of amides is 2. The summed E-state index contributed by atoms with van der Waals surface area (Å²) in [7, 11) is 0. The van der Waals surface area contributed by atoms with Crippen molar-refractivity contribution in [1.82, 2.24) is 5.32 Å². The molecule has 0 saturated heterocycles. The van der Waals surface area contributed by atoms with Gasteiger partial charge in [-0.25, -0.2) is 4.79 Å². The summed E-state index contributed by atoms with van der Waals surface area (Å²) in [5, 5.41) is 5.20. The molecule has 0 fully saturated rings. The van der Waals surface area contributed by atoms with Crippen LogP contribution < -0.4 is 21.1 Å². The summed E-state index contributed by atoms with van der Waals surface area (Å²) in [6.45, 7) is 2.29. The van der Waals surface area contributed by atoms with Crippen LogP contribution in [0.5, 0.6) is 5.75 Å². The lowest BCUT2D eigenvalue weighted by Crippen LogP contribution is -2.42. The minimum Gasteiger partial charge on any atom is -0.406 e. The Labute approximate surface area is 120 Å². The molecule has 1 aromatic rings. The number of carbonyl (C=O) groups excluding carboxylic acids is 1. The van der Waals surface area contributed by atoms with Crippen molar-refractivity contribution in [2.45, 2.75) is 32.2 Å². The Morgan fingerprint density at radius 3 is 2.43 bits per heavy atom. The van der Waals surface area contributed by atoms with Gasteiger partial charge in [0.1, 0.15) is 5.75 Å². The van der Waals surface area contributed by atoms with Crippen LogP contribution in [0.4, 0.5) is 23.7 Å². The summed E-state index contributed by atoms with van der Waals surface area (Å²) in [6, 6.07) is 4.28. The number of carbonyl (C=O) groups is 1. The highest BCUT2D eigenvalue weighted by Crippen LogP contribution is 2.23. The predicted molar refractivity (Wildman–Crippen MR) is 73.0 cm³/mol. The van der Waals surface area contributed by atoms with Crippen molar-refractivity contribution >= 4 is 11.7 Å². The van der Waals surface area contributed by atoms with E-state index in [1.807, 2.05) is 6.92 Å². The molecule has 2 amide bonds. The maximum Gasteiger partial charge on any atom is 0.573 e. The minimum atomic E-state index is -4.74. The second-order valence-electron chi connectivity index (χ2n) is 4.39. The van der Waals surface area contributed by atoms with Gasteiger partial charge in [-0.1, -0.05) is 13.3 Å².